The Labute approximate surface area is 118 Å². The molecule has 0 spiro atoms. The zero-order valence-electron chi connectivity index (χ0n) is 10.4. The Morgan fingerprint density at radius 2 is 2.00 bits per heavy atom. The Morgan fingerprint density at radius 3 is 2.56 bits per heavy atom. The van der Waals surface area contributed by atoms with E-state index in [0.29, 0.717) is 21.2 Å². The second kappa shape index (κ2) is 4.51. The summed E-state index contributed by atoms with van der Waals surface area (Å²) in [7, 11) is 0. The van der Waals surface area contributed by atoms with Crippen LogP contribution in [-0.2, 0) is 0 Å². The molecule has 98 valence electrons. The van der Waals surface area contributed by atoms with Gasteiger partial charge in [-0.15, -0.1) is 0 Å². The number of hydrogen-bond acceptors (Lipinski definition) is 2. The van der Waals surface area contributed by atoms with Gasteiger partial charge in [0.2, 0.25) is 0 Å². The Bertz CT molecular complexity index is 603. The number of nitrogens with two attached hydrogens (primary N) is 1. The van der Waals surface area contributed by atoms with Gasteiger partial charge in [-0.2, -0.15) is 0 Å². The summed E-state index contributed by atoms with van der Waals surface area (Å²) in [5.41, 5.74) is 6.38. The molecule has 2 rings (SSSR count). The summed E-state index contributed by atoms with van der Waals surface area (Å²) in [5, 5.41) is 0.412. The summed E-state index contributed by atoms with van der Waals surface area (Å²) >= 11 is 9.10. The number of halogens is 3. The number of rotatable bonds is 1. The van der Waals surface area contributed by atoms with Crippen LogP contribution in [0.5, 0.6) is 0 Å². The van der Waals surface area contributed by atoms with Gasteiger partial charge in [0.15, 0.2) is 11.4 Å². The Balaban J connectivity index is 2.64. The first-order valence-electron chi connectivity index (χ1n) is 5.54. The molecule has 1 aromatic carbocycles. The lowest BCUT2D eigenvalue weighted by molar-refractivity contribution is 0.290. The van der Waals surface area contributed by atoms with Crippen molar-refractivity contribution < 1.29 is 8.81 Å². The molecule has 2 nitrogen and oxygen atoms in total. The molecule has 0 aliphatic heterocycles. The molecule has 0 saturated carbocycles. The summed E-state index contributed by atoms with van der Waals surface area (Å²) in [4.78, 5) is 0. The molecule has 1 atom stereocenters. The number of hydrogen-bond donors (Lipinski definition) is 1. The van der Waals surface area contributed by atoms with Crippen molar-refractivity contribution in [2.24, 2.45) is 11.1 Å². The first kappa shape index (κ1) is 13.8. The lowest BCUT2D eigenvalue weighted by atomic mass is 9.86. The minimum absolute atomic E-state index is 0.0612. The van der Waals surface area contributed by atoms with Gasteiger partial charge in [-0.3, -0.25) is 0 Å². The van der Waals surface area contributed by atoms with E-state index in [4.69, 9.17) is 21.8 Å². The molecule has 1 aromatic heterocycles. The Hall–Kier alpha value is -0.580. The highest BCUT2D eigenvalue weighted by Gasteiger charge is 2.27. The highest BCUT2D eigenvalue weighted by atomic mass is 79.9. The van der Waals surface area contributed by atoms with Gasteiger partial charge in [0.05, 0.1) is 20.9 Å². The Kier molecular flexibility index (Phi) is 3.47. The molecule has 1 unspecified atom stereocenters. The predicted octanol–water partition coefficient (Wildman–Crippen LogP) is 5.03. The van der Waals surface area contributed by atoms with Crippen LogP contribution in [0.15, 0.2) is 21.0 Å². The van der Waals surface area contributed by atoms with E-state index in [0.717, 1.165) is 0 Å². The maximum Gasteiger partial charge on any atom is 0.152 e. The van der Waals surface area contributed by atoms with Crippen LogP contribution in [0.1, 0.15) is 32.6 Å². The van der Waals surface area contributed by atoms with Gasteiger partial charge in [-0.1, -0.05) is 32.4 Å². The third-order valence-corrected chi connectivity index (χ3v) is 3.77. The quantitative estimate of drug-likeness (QED) is 0.743. The molecule has 0 aliphatic carbocycles. The van der Waals surface area contributed by atoms with Crippen LogP contribution in [-0.4, -0.2) is 0 Å². The summed E-state index contributed by atoms with van der Waals surface area (Å²) in [5.74, 6) is 0.0744. The van der Waals surface area contributed by atoms with Crippen LogP contribution in [0.2, 0.25) is 5.02 Å². The lowest BCUT2D eigenvalue weighted by Gasteiger charge is -2.24. The number of fused-ring (bicyclic) bond motifs is 1. The number of furan rings is 1. The first-order chi connectivity index (χ1) is 8.21. The number of benzene rings is 1. The van der Waals surface area contributed by atoms with Gasteiger partial charge < -0.3 is 10.2 Å². The summed E-state index contributed by atoms with van der Waals surface area (Å²) < 4.78 is 20.2. The standard InChI is InChI=1S/C13H14BrClFNO/c1-13(2,3)12(17)9-4-6-10(16)8(15)5-7(14)11(6)18-9/h4-5,12H,17H2,1-3H3. The van der Waals surface area contributed by atoms with Gasteiger partial charge in [0, 0.05) is 0 Å². The molecule has 0 saturated heterocycles. The third kappa shape index (κ3) is 2.29. The third-order valence-electron chi connectivity index (χ3n) is 2.91. The fourth-order valence-corrected chi connectivity index (χ4v) is 2.57. The van der Waals surface area contributed by atoms with Crippen molar-refractivity contribution in [2.45, 2.75) is 26.8 Å². The van der Waals surface area contributed by atoms with Crippen molar-refractivity contribution in [3.05, 3.63) is 33.2 Å². The topological polar surface area (TPSA) is 39.2 Å². The van der Waals surface area contributed by atoms with Crippen LogP contribution >= 0.6 is 27.5 Å². The van der Waals surface area contributed by atoms with Gasteiger partial charge in [0.1, 0.15) is 5.76 Å². The molecule has 2 N–H and O–H groups in total. The molecule has 18 heavy (non-hydrogen) atoms. The van der Waals surface area contributed by atoms with E-state index in [1.165, 1.54) is 6.07 Å². The molecule has 0 amide bonds. The second-order valence-electron chi connectivity index (χ2n) is 5.39. The van der Waals surface area contributed by atoms with Gasteiger partial charge >= 0.3 is 0 Å². The minimum atomic E-state index is -0.481. The van der Waals surface area contributed by atoms with Gasteiger partial charge in [-0.25, -0.2) is 4.39 Å². The van der Waals surface area contributed by atoms with Crippen LogP contribution in [0, 0.1) is 11.2 Å². The maximum atomic E-state index is 13.9. The van der Waals surface area contributed by atoms with E-state index in [1.54, 1.807) is 6.07 Å². The zero-order valence-corrected chi connectivity index (χ0v) is 12.7. The molecule has 1 heterocycles. The molecule has 5 heteroatoms. The van der Waals surface area contributed by atoms with Crippen molar-refractivity contribution in [1.29, 1.82) is 0 Å². The minimum Gasteiger partial charge on any atom is -0.458 e. The van der Waals surface area contributed by atoms with Crippen molar-refractivity contribution in [2.75, 3.05) is 0 Å². The second-order valence-corrected chi connectivity index (χ2v) is 6.65. The molecular formula is C13H14BrClFNO. The van der Waals surface area contributed by atoms with Crippen LogP contribution < -0.4 is 5.73 Å². The van der Waals surface area contributed by atoms with Crippen molar-refractivity contribution in [3.63, 3.8) is 0 Å². The van der Waals surface area contributed by atoms with Crippen molar-refractivity contribution in [3.8, 4) is 0 Å². The normalized spacial score (nSPS) is 14.2. The lowest BCUT2D eigenvalue weighted by Crippen LogP contribution is -2.25. The SMILES string of the molecule is CC(C)(C)C(N)c1cc2c(F)c(Cl)cc(Br)c2o1. The fourth-order valence-electron chi connectivity index (χ4n) is 1.70. The predicted molar refractivity (Wildman–Crippen MR) is 75.3 cm³/mol. The fraction of sp³-hybridized carbons (Fsp3) is 0.385. The first-order valence-corrected chi connectivity index (χ1v) is 6.71. The van der Waals surface area contributed by atoms with Crippen molar-refractivity contribution in [1.82, 2.24) is 0 Å². The molecule has 0 radical (unpaired) electrons. The van der Waals surface area contributed by atoms with E-state index >= 15 is 0 Å². The zero-order chi connectivity index (χ0) is 13.7. The molecule has 0 aliphatic rings. The van der Waals surface area contributed by atoms with E-state index in [2.05, 4.69) is 15.9 Å². The van der Waals surface area contributed by atoms with E-state index in [-0.39, 0.29) is 16.5 Å². The van der Waals surface area contributed by atoms with Crippen molar-refractivity contribution >= 4 is 38.5 Å². The molecule has 0 fully saturated rings. The summed E-state index contributed by atoms with van der Waals surface area (Å²) in [6, 6.07) is 2.79. The highest BCUT2D eigenvalue weighted by Crippen LogP contribution is 2.38. The van der Waals surface area contributed by atoms with Gasteiger partial charge in [-0.05, 0) is 33.5 Å². The Morgan fingerprint density at radius 1 is 1.39 bits per heavy atom. The maximum absolute atomic E-state index is 13.9. The average molecular weight is 335 g/mol. The van der Waals surface area contributed by atoms with Crippen LogP contribution in [0.3, 0.4) is 0 Å². The van der Waals surface area contributed by atoms with E-state index in [9.17, 15) is 4.39 Å². The van der Waals surface area contributed by atoms with E-state index < -0.39 is 5.82 Å². The smallest absolute Gasteiger partial charge is 0.152 e. The van der Waals surface area contributed by atoms with Crippen LogP contribution in [0.25, 0.3) is 11.0 Å². The average Bonchev–Trinajstić information content (AvgIpc) is 2.69. The summed E-state index contributed by atoms with van der Waals surface area (Å²) in [6.07, 6.45) is 0. The molecule has 2 aromatic rings. The van der Waals surface area contributed by atoms with Gasteiger partial charge in [0.25, 0.3) is 0 Å². The van der Waals surface area contributed by atoms with E-state index in [1.807, 2.05) is 20.8 Å². The van der Waals surface area contributed by atoms with Crippen LogP contribution in [0.4, 0.5) is 4.39 Å². The molecule has 0 bridgehead atoms. The highest BCUT2D eigenvalue weighted by molar-refractivity contribution is 9.10. The molecular weight excluding hydrogens is 321 g/mol. The summed E-state index contributed by atoms with van der Waals surface area (Å²) in [6.45, 7) is 6.01. The monoisotopic (exact) mass is 333 g/mol. The largest absolute Gasteiger partial charge is 0.458 e.